The topological polar surface area (TPSA) is 26.3 Å². The molecule has 0 aliphatic rings. The third-order valence-electron chi connectivity index (χ3n) is 1.19. The van der Waals surface area contributed by atoms with Gasteiger partial charge in [0.2, 0.25) is 0 Å². The van der Waals surface area contributed by atoms with Crippen LogP contribution in [0, 0.1) is 0 Å². The minimum absolute atomic E-state index is 0.298. The molecule has 0 aliphatic heterocycles. The number of hydrogen-bond donors (Lipinski definition) is 0. The van der Waals surface area contributed by atoms with Gasteiger partial charge in [-0.1, -0.05) is 22.0 Å². The molecule has 0 aliphatic carbocycles. The van der Waals surface area contributed by atoms with Crippen molar-refractivity contribution in [3.8, 4) is 0 Å². The Morgan fingerprint density at radius 1 is 1.54 bits per heavy atom. The van der Waals surface area contributed by atoms with Gasteiger partial charge in [-0.05, 0) is 19.3 Å². The molecular weight excluding hydrogens is 252 g/mol. The lowest BCUT2D eigenvalue weighted by Gasteiger charge is -1.98. The van der Waals surface area contributed by atoms with Gasteiger partial charge in [0.25, 0.3) is 0 Å². The molecule has 0 rings (SSSR count). The first kappa shape index (κ1) is 12.8. The van der Waals surface area contributed by atoms with Crippen molar-refractivity contribution in [3.05, 3.63) is 22.7 Å². The Kier molecular flexibility index (Phi) is 8.24. The molecule has 0 N–H and O–H groups in total. The van der Waals surface area contributed by atoms with Crippen LogP contribution in [0.3, 0.4) is 0 Å². The maximum atomic E-state index is 11.0. The molecule has 0 aromatic heterocycles. The van der Waals surface area contributed by atoms with Crippen LogP contribution in [0.1, 0.15) is 6.92 Å². The first-order valence-electron chi connectivity index (χ1n) is 3.86. The van der Waals surface area contributed by atoms with E-state index in [0.29, 0.717) is 6.61 Å². The molecule has 0 amide bonds. The summed E-state index contributed by atoms with van der Waals surface area (Å²) in [7, 11) is 0. The molecule has 0 radical (unpaired) electrons. The molecule has 0 saturated carbocycles. The van der Waals surface area contributed by atoms with Gasteiger partial charge in [0.05, 0.1) is 0 Å². The van der Waals surface area contributed by atoms with Crippen molar-refractivity contribution in [2.24, 2.45) is 0 Å². The van der Waals surface area contributed by atoms with Crippen LogP contribution in [0.25, 0.3) is 0 Å². The fourth-order valence-corrected chi connectivity index (χ4v) is 0.900. The molecule has 74 valence electrons. The van der Waals surface area contributed by atoms with Crippen molar-refractivity contribution >= 4 is 33.7 Å². The van der Waals surface area contributed by atoms with Crippen molar-refractivity contribution in [2.45, 2.75) is 6.92 Å². The number of hydrogen-bond acceptors (Lipinski definition) is 3. The van der Waals surface area contributed by atoms with Crippen LogP contribution in [0.15, 0.2) is 22.7 Å². The van der Waals surface area contributed by atoms with Crippen LogP contribution < -0.4 is 0 Å². The van der Waals surface area contributed by atoms with Crippen LogP contribution in [0.5, 0.6) is 0 Å². The zero-order valence-corrected chi connectivity index (χ0v) is 10.2. The Hall–Kier alpha value is -0.220. The van der Waals surface area contributed by atoms with Gasteiger partial charge < -0.3 is 4.74 Å². The highest BCUT2D eigenvalue weighted by Crippen LogP contribution is 2.05. The van der Waals surface area contributed by atoms with Gasteiger partial charge in [-0.15, -0.1) is 0 Å². The Bertz CT molecular complexity index is 212. The number of rotatable bonds is 5. The fraction of sp³-hybridized carbons (Fsp3) is 0.444. The summed E-state index contributed by atoms with van der Waals surface area (Å²) in [5, 5.41) is 0. The monoisotopic (exact) mass is 264 g/mol. The normalized spacial score (nSPS) is 12.1. The molecule has 2 nitrogen and oxygen atoms in total. The minimum Gasteiger partial charge on any atom is -0.462 e. The maximum absolute atomic E-state index is 11.0. The van der Waals surface area contributed by atoms with Crippen LogP contribution in [-0.2, 0) is 9.53 Å². The van der Waals surface area contributed by atoms with Gasteiger partial charge >= 0.3 is 5.97 Å². The Morgan fingerprint density at radius 2 is 2.23 bits per heavy atom. The van der Waals surface area contributed by atoms with E-state index in [4.69, 9.17) is 4.74 Å². The van der Waals surface area contributed by atoms with E-state index in [9.17, 15) is 4.79 Å². The molecule has 0 saturated heterocycles. The lowest BCUT2D eigenvalue weighted by molar-refractivity contribution is -0.137. The summed E-state index contributed by atoms with van der Waals surface area (Å²) < 4.78 is 5.75. The SMILES string of the molecule is CC=C(Br)C=CC(=O)OCCSC. The smallest absolute Gasteiger partial charge is 0.330 e. The van der Waals surface area contributed by atoms with E-state index in [1.165, 1.54) is 6.08 Å². The van der Waals surface area contributed by atoms with Gasteiger partial charge in [-0.3, -0.25) is 0 Å². The second-order valence-electron chi connectivity index (χ2n) is 2.17. The molecule has 0 fully saturated rings. The zero-order chi connectivity index (χ0) is 10.1. The molecule has 4 heteroatoms. The first-order chi connectivity index (χ1) is 6.20. The molecule has 0 heterocycles. The van der Waals surface area contributed by atoms with Crippen molar-refractivity contribution in [3.63, 3.8) is 0 Å². The van der Waals surface area contributed by atoms with Gasteiger partial charge in [0.1, 0.15) is 6.61 Å². The van der Waals surface area contributed by atoms with Gasteiger partial charge in [-0.2, -0.15) is 11.8 Å². The highest BCUT2D eigenvalue weighted by atomic mass is 79.9. The number of esters is 1. The largest absolute Gasteiger partial charge is 0.462 e. The Morgan fingerprint density at radius 3 is 2.77 bits per heavy atom. The number of thioether (sulfide) groups is 1. The average Bonchev–Trinajstić information content (AvgIpc) is 2.14. The summed E-state index contributed by atoms with van der Waals surface area (Å²) in [5.74, 6) is 0.539. The van der Waals surface area contributed by atoms with E-state index >= 15 is 0 Å². The second-order valence-corrected chi connectivity index (χ2v) is 4.07. The second kappa shape index (κ2) is 8.38. The van der Waals surface area contributed by atoms with E-state index in [1.807, 2.05) is 19.3 Å². The van der Waals surface area contributed by atoms with Crippen LogP contribution >= 0.6 is 27.7 Å². The minimum atomic E-state index is -0.298. The number of carbonyl (C=O) groups is 1. The summed E-state index contributed by atoms with van der Waals surface area (Å²) in [6.45, 7) is 2.35. The Labute approximate surface area is 91.5 Å². The highest BCUT2D eigenvalue weighted by Gasteiger charge is 1.95. The zero-order valence-electron chi connectivity index (χ0n) is 7.75. The summed E-state index contributed by atoms with van der Waals surface area (Å²) in [5.41, 5.74) is 0. The third-order valence-corrected chi connectivity index (χ3v) is 2.48. The standard InChI is InChI=1S/C9H13BrO2S/c1-3-8(10)4-5-9(11)12-6-7-13-2/h3-5H,6-7H2,1-2H3. The number of carbonyl (C=O) groups excluding carboxylic acids is 1. The summed E-state index contributed by atoms with van der Waals surface area (Å²) in [6.07, 6.45) is 6.90. The van der Waals surface area contributed by atoms with E-state index in [0.717, 1.165) is 10.2 Å². The number of allylic oxidation sites excluding steroid dienone is 3. The molecular formula is C9H13BrO2S. The first-order valence-corrected chi connectivity index (χ1v) is 6.05. The van der Waals surface area contributed by atoms with Gasteiger partial charge in [0, 0.05) is 16.3 Å². The lowest BCUT2D eigenvalue weighted by atomic mass is 10.4. The predicted molar refractivity (Wildman–Crippen MR) is 61.2 cm³/mol. The molecule has 0 bridgehead atoms. The maximum Gasteiger partial charge on any atom is 0.330 e. The van der Waals surface area contributed by atoms with Crippen molar-refractivity contribution in [1.29, 1.82) is 0 Å². The summed E-state index contributed by atoms with van der Waals surface area (Å²) >= 11 is 4.90. The number of halogens is 1. The van der Waals surface area contributed by atoms with Crippen LogP contribution in [-0.4, -0.2) is 24.6 Å². The molecule has 0 aromatic carbocycles. The fourth-order valence-electron chi connectivity index (χ4n) is 0.518. The van der Waals surface area contributed by atoms with Crippen molar-refractivity contribution in [2.75, 3.05) is 18.6 Å². The highest BCUT2D eigenvalue weighted by molar-refractivity contribution is 9.11. The molecule has 0 spiro atoms. The van der Waals surface area contributed by atoms with E-state index < -0.39 is 0 Å². The quantitative estimate of drug-likeness (QED) is 0.331. The summed E-state index contributed by atoms with van der Waals surface area (Å²) in [6, 6.07) is 0. The molecule has 13 heavy (non-hydrogen) atoms. The van der Waals surface area contributed by atoms with Gasteiger partial charge in [-0.25, -0.2) is 4.79 Å². The molecule has 0 aromatic rings. The van der Waals surface area contributed by atoms with Crippen LogP contribution in [0.2, 0.25) is 0 Å². The van der Waals surface area contributed by atoms with Crippen molar-refractivity contribution in [1.82, 2.24) is 0 Å². The molecule has 0 unspecified atom stereocenters. The van der Waals surface area contributed by atoms with E-state index in [2.05, 4.69) is 15.9 Å². The lowest BCUT2D eigenvalue weighted by Crippen LogP contribution is -2.03. The van der Waals surface area contributed by atoms with E-state index in [1.54, 1.807) is 17.8 Å². The van der Waals surface area contributed by atoms with Crippen molar-refractivity contribution < 1.29 is 9.53 Å². The third kappa shape index (κ3) is 8.12. The van der Waals surface area contributed by atoms with Crippen LogP contribution in [0.4, 0.5) is 0 Å². The Balaban J connectivity index is 3.68. The number of ether oxygens (including phenoxy) is 1. The predicted octanol–water partition coefficient (Wildman–Crippen LogP) is 2.75. The van der Waals surface area contributed by atoms with E-state index in [-0.39, 0.29) is 5.97 Å². The van der Waals surface area contributed by atoms with Gasteiger partial charge in [0.15, 0.2) is 0 Å². The summed E-state index contributed by atoms with van der Waals surface area (Å²) in [4.78, 5) is 11.0. The average molecular weight is 265 g/mol. The molecule has 0 atom stereocenters.